The summed E-state index contributed by atoms with van der Waals surface area (Å²) < 4.78 is 26.6. The first kappa shape index (κ1) is 19.4. The van der Waals surface area contributed by atoms with Gasteiger partial charge in [-0.25, -0.2) is 13.8 Å². The van der Waals surface area contributed by atoms with Gasteiger partial charge in [0.1, 0.15) is 11.5 Å². The van der Waals surface area contributed by atoms with Crippen LogP contribution in [0.5, 0.6) is 0 Å². The zero-order valence-corrected chi connectivity index (χ0v) is 16.1. The third-order valence-electron chi connectivity index (χ3n) is 5.23. The van der Waals surface area contributed by atoms with E-state index in [0.29, 0.717) is 31.7 Å². The van der Waals surface area contributed by atoms with Crippen molar-refractivity contribution in [1.82, 2.24) is 24.9 Å². The summed E-state index contributed by atoms with van der Waals surface area (Å²) in [6.45, 7) is 0.790. The first-order chi connectivity index (χ1) is 14.0. The second-order valence-corrected chi connectivity index (χ2v) is 7.36. The SMILES string of the molecule is Cn1cc(-c2ccc3cnc(NC(=O)C4CCN(CC(F)F)CC4)cc3c2)nn1. The summed E-state index contributed by atoms with van der Waals surface area (Å²) >= 11 is 0. The molecule has 1 saturated heterocycles. The number of rotatable bonds is 5. The standard InChI is InChI=1S/C20H22F2N6O/c1-27-11-17(25-26-27)14-2-3-15-10-23-19(9-16(15)8-14)24-20(29)13-4-6-28(7-5-13)12-18(21)22/h2-3,8-11,13,18H,4-7,12H2,1H3,(H,23,24,29). The molecule has 9 heteroatoms. The molecule has 1 amide bonds. The van der Waals surface area contributed by atoms with E-state index >= 15 is 0 Å². The number of aryl methyl sites for hydroxylation is 1. The van der Waals surface area contributed by atoms with Crippen molar-refractivity contribution in [3.8, 4) is 11.3 Å². The number of anilines is 1. The van der Waals surface area contributed by atoms with Gasteiger partial charge < -0.3 is 5.32 Å². The van der Waals surface area contributed by atoms with Gasteiger partial charge in [-0.15, -0.1) is 5.10 Å². The minimum atomic E-state index is -2.34. The van der Waals surface area contributed by atoms with E-state index in [1.165, 1.54) is 0 Å². The number of carbonyl (C=O) groups is 1. The van der Waals surface area contributed by atoms with Gasteiger partial charge in [0.15, 0.2) is 0 Å². The zero-order valence-electron chi connectivity index (χ0n) is 16.1. The van der Waals surface area contributed by atoms with Crippen molar-refractivity contribution in [2.45, 2.75) is 19.3 Å². The number of aromatic nitrogens is 4. The number of alkyl halides is 2. The highest BCUT2D eigenvalue weighted by atomic mass is 19.3. The molecule has 1 N–H and O–H groups in total. The second-order valence-electron chi connectivity index (χ2n) is 7.36. The molecule has 0 unspecified atom stereocenters. The number of benzene rings is 1. The lowest BCUT2D eigenvalue weighted by molar-refractivity contribution is -0.121. The Labute approximate surface area is 166 Å². The summed E-state index contributed by atoms with van der Waals surface area (Å²) in [7, 11) is 1.81. The van der Waals surface area contributed by atoms with Gasteiger partial charge in [0.25, 0.3) is 6.43 Å². The van der Waals surface area contributed by atoms with Crippen molar-refractivity contribution in [2.75, 3.05) is 25.0 Å². The third kappa shape index (κ3) is 4.56. The fourth-order valence-corrected chi connectivity index (χ4v) is 3.65. The van der Waals surface area contributed by atoms with Crippen LogP contribution < -0.4 is 5.32 Å². The van der Waals surface area contributed by atoms with Gasteiger partial charge in [0.2, 0.25) is 5.91 Å². The number of amides is 1. The molecule has 0 bridgehead atoms. The molecule has 3 aromatic rings. The number of hydrogen-bond donors (Lipinski definition) is 1. The largest absolute Gasteiger partial charge is 0.310 e. The van der Waals surface area contributed by atoms with Crippen LogP contribution in [0.25, 0.3) is 22.0 Å². The van der Waals surface area contributed by atoms with Crippen LogP contribution in [0.1, 0.15) is 12.8 Å². The Bertz CT molecular complexity index is 1010. The first-order valence-electron chi connectivity index (χ1n) is 9.56. The Balaban J connectivity index is 1.44. The van der Waals surface area contributed by atoms with Crippen LogP contribution >= 0.6 is 0 Å². The fraction of sp³-hybridized carbons (Fsp3) is 0.400. The molecular weight excluding hydrogens is 378 g/mol. The fourth-order valence-electron chi connectivity index (χ4n) is 3.65. The normalized spacial score (nSPS) is 15.9. The van der Waals surface area contributed by atoms with Gasteiger partial charge in [0.05, 0.1) is 12.7 Å². The third-order valence-corrected chi connectivity index (χ3v) is 5.23. The van der Waals surface area contributed by atoms with Crippen LogP contribution in [0.15, 0.2) is 36.7 Å². The van der Waals surface area contributed by atoms with Gasteiger partial charge in [-0.05, 0) is 43.5 Å². The van der Waals surface area contributed by atoms with Crippen LogP contribution in [0.3, 0.4) is 0 Å². The van der Waals surface area contributed by atoms with E-state index < -0.39 is 6.43 Å². The molecule has 0 aliphatic carbocycles. The number of likely N-dealkylation sites (tertiary alicyclic amines) is 1. The number of carbonyl (C=O) groups excluding carboxylic acids is 1. The number of halogens is 2. The average molecular weight is 400 g/mol. The molecule has 3 heterocycles. The second kappa shape index (κ2) is 8.20. The van der Waals surface area contributed by atoms with E-state index in [2.05, 4.69) is 20.6 Å². The van der Waals surface area contributed by atoms with Gasteiger partial charge in [-0.3, -0.25) is 14.4 Å². The molecule has 0 atom stereocenters. The summed E-state index contributed by atoms with van der Waals surface area (Å²) in [5.74, 6) is 0.180. The molecule has 7 nitrogen and oxygen atoms in total. The van der Waals surface area contributed by atoms with E-state index in [4.69, 9.17) is 0 Å². The number of pyridine rings is 1. The average Bonchev–Trinajstić information content (AvgIpc) is 3.14. The topological polar surface area (TPSA) is 75.9 Å². The van der Waals surface area contributed by atoms with Crippen LogP contribution in [0.2, 0.25) is 0 Å². The quantitative estimate of drug-likeness (QED) is 0.713. The summed E-state index contributed by atoms with van der Waals surface area (Å²) in [4.78, 5) is 18.6. The molecule has 152 valence electrons. The van der Waals surface area contributed by atoms with Crippen LogP contribution in [0, 0.1) is 5.92 Å². The number of nitrogens with zero attached hydrogens (tertiary/aromatic N) is 5. The minimum Gasteiger partial charge on any atom is -0.310 e. The Hall–Kier alpha value is -2.94. The Morgan fingerprint density at radius 3 is 2.72 bits per heavy atom. The van der Waals surface area contributed by atoms with E-state index in [9.17, 15) is 13.6 Å². The van der Waals surface area contributed by atoms with E-state index in [1.54, 1.807) is 15.8 Å². The zero-order chi connectivity index (χ0) is 20.4. The molecule has 4 rings (SSSR count). The van der Waals surface area contributed by atoms with Crippen molar-refractivity contribution in [3.63, 3.8) is 0 Å². The van der Waals surface area contributed by atoms with Gasteiger partial charge in [-0.2, -0.15) is 0 Å². The maximum atomic E-state index is 12.6. The molecule has 1 aliphatic heterocycles. The van der Waals surface area contributed by atoms with E-state index in [-0.39, 0.29) is 18.4 Å². The van der Waals surface area contributed by atoms with Crippen LogP contribution in [-0.4, -0.2) is 56.8 Å². The monoisotopic (exact) mass is 400 g/mol. The van der Waals surface area contributed by atoms with E-state index in [0.717, 1.165) is 22.0 Å². The summed E-state index contributed by atoms with van der Waals surface area (Å²) in [6.07, 6.45) is 2.36. The highest BCUT2D eigenvalue weighted by Gasteiger charge is 2.26. The minimum absolute atomic E-state index is 0.112. The van der Waals surface area contributed by atoms with Gasteiger partial charge in [0, 0.05) is 30.1 Å². The van der Waals surface area contributed by atoms with Crippen molar-refractivity contribution < 1.29 is 13.6 Å². The van der Waals surface area contributed by atoms with Crippen LogP contribution in [0.4, 0.5) is 14.6 Å². The molecular formula is C20H22F2N6O. The number of piperidine rings is 1. The molecule has 1 aliphatic rings. The van der Waals surface area contributed by atoms with E-state index in [1.807, 2.05) is 37.5 Å². The molecule has 0 radical (unpaired) electrons. The lowest BCUT2D eigenvalue weighted by Gasteiger charge is -2.30. The van der Waals surface area contributed by atoms with Crippen molar-refractivity contribution >= 4 is 22.5 Å². The molecule has 0 saturated carbocycles. The number of fused-ring (bicyclic) bond motifs is 1. The first-order valence-corrected chi connectivity index (χ1v) is 9.56. The number of nitrogens with one attached hydrogen (secondary N) is 1. The number of hydrogen-bond acceptors (Lipinski definition) is 5. The van der Waals surface area contributed by atoms with Gasteiger partial charge >= 0.3 is 0 Å². The highest BCUT2D eigenvalue weighted by molar-refractivity contribution is 5.95. The predicted molar refractivity (Wildman–Crippen MR) is 106 cm³/mol. The summed E-state index contributed by atoms with van der Waals surface area (Å²) in [5.41, 5.74) is 1.70. The predicted octanol–water partition coefficient (Wildman–Crippen LogP) is 2.95. The lowest BCUT2D eigenvalue weighted by Crippen LogP contribution is -2.40. The van der Waals surface area contributed by atoms with Crippen molar-refractivity contribution in [3.05, 3.63) is 36.7 Å². The van der Waals surface area contributed by atoms with Crippen molar-refractivity contribution in [1.29, 1.82) is 0 Å². The Kier molecular flexibility index (Phi) is 5.48. The Morgan fingerprint density at radius 1 is 1.24 bits per heavy atom. The molecule has 0 spiro atoms. The molecule has 29 heavy (non-hydrogen) atoms. The maximum absolute atomic E-state index is 12.6. The summed E-state index contributed by atoms with van der Waals surface area (Å²) in [5, 5.41) is 12.8. The molecule has 2 aromatic heterocycles. The highest BCUT2D eigenvalue weighted by Crippen LogP contribution is 2.25. The van der Waals surface area contributed by atoms with Crippen molar-refractivity contribution in [2.24, 2.45) is 13.0 Å². The lowest BCUT2D eigenvalue weighted by atomic mass is 9.96. The Morgan fingerprint density at radius 2 is 2.03 bits per heavy atom. The van der Waals surface area contributed by atoms with Crippen LogP contribution in [-0.2, 0) is 11.8 Å². The van der Waals surface area contributed by atoms with Gasteiger partial charge in [-0.1, -0.05) is 17.3 Å². The maximum Gasteiger partial charge on any atom is 0.251 e. The summed E-state index contributed by atoms with van der Waals surface area (Å²) in [6, 6.07) is 7.73. The smallest absolute Gasteiger partial charge is 0.251 e. The molecule has 1 aromatic carbocycles. The molecule has 1 fully saturated rings.